The van der Waals surface area contributed by atoms with Crippen LogP contribution in [0, 0.1) is 0 Å². The topological polar surface area (TPSA) is 0 Å². The van der Waals surface area contributed by atoms with Crippen LogP contribution in [0.5, 0.6) is 0 Å². The molecule has 116 valence electrons. The van der Waals surface area contributed by atoms with Crippen molar-refractivity contribution in [1.29, 1.82) is 0 Å². The number of thioether (sulfide) groups is 2. The van der Waals surface area contributed by atoms with Crippen molar-refractivity contribution in [2.24, 2.45) is 0 Å². The van der Waals surface area contributed by atoms with Crippen molar-refractivity contribution in [2.45, 2.75) is 15.7 Å². The fourth-order valence-corrected chi connectivity index (χ4v) is 3.63. The van der Waals surface area contributed by atoms with Gasteiger partial charge < -0.3 is 0 Å². The maximum absolute atomic E-state index is 2.26. The molecule has 3 aromatic carbocycles. The van der Waals surface area contributed by atoms with Gasteiger partial charge in [-0.15, -0.1) is 23.5 Å². The third kappa shape index (κ3) is 3.82. The first-order chi connectivity index (χ1) is 11.3. The number of hydrogen-bond acceptors (Lipinski definition) is 2. The smallest absolute Gasteiger partial charge is 0.0340 e. The predicted octanol–water partition coefficient (Wildman–Crippen LogP) is 6.31. The molecule has 0 saturated carbocycles. The first kappa shape index (κ1) is 16.2. The molecule has 0 heterocycles. The third-order valence-corrected chi connectivity index (χ3v) is 5.52. The number of benzene rings is 3. The zero-order valence-corrected chi connectivity index (χ0v) is 15.0. The van der Waals surface area contributed by atoms with Crippen molar-refractivity contribution >= 4 is 23.5 Å². The van der Waals surface area contributed by atoms with Crippen molar-refractivity contribution in [3.05, 3.63) is 95.6 Å². The zero-order chi connectivity index (χ0) is 16.1. The van der Waals surface area contributed by atoms with E-state index in [2.05, 4.69) is 91.4 Å². The summed E-state index contributed by atoms with van der Waals surface area (Å²) in [5.74, 6) is 0.281. The lowest BCUT2D eigenvalue weighted by atomic mass is 9.85. The van der Waals surface area contributed by atoms with E-state index in [1.54, 1.807) is 23.5 Å². The number of hydrogen-bond donors (Lipinski definition) is 0. The first-order valence-electron chi connectivity index (χ1n) is 7.64. The van der Waals surface area contributed by atoms with Gasteiger partial charge in [0.1, 0.15) is 0 Å². The van der Waals surface area contributed by atoms with Crippen LogP contribution in [0.15, 0.2) is 88.7 Å². The minimum absolute atomic E-state index is 0.281. The molecule has 0 nitrogen and oxygen atoms in total. The van der Waals surface area contributed by atoms with Crippen LogP contribution in [0.3, 0.4) is 0 Å². The van der Waals surface area contributed by atoms with Crippen molar-refractivity contribution < 1.29 is 0 Å². The Labute approximate surface area is 147 Å². The van der Waals surface area contributed by atoms with Gasteiger partial charge >= 0.3 is 0 Å². The van der Waals surface area contributed by atoms with E-state index >= 15 is 0 Å². The second-order valence-corrected chi connectivity index (χ2v) is 7.15. The molecule has 0 fully saturated rings. The molecule has 0 radical (unpaired) electrons. The Morgan fingerprint density at radius 3 is 1.30 bits per heavy atom. The van der Waals surface area contributed by atoms with Gasteiger partial charge in [0.15, 0.2) is 0 Å². The van der Waals surface area contributed by atoms with E-state index in [4.69, 9.17) is 0 Å². The summed E-state index contributed by atoms with van der Waals surface area (Å²) in [6.07, 6.45) is 4.23. The van der Waals surface area contributed by atoms with Gasteiger partial charge in [0.05, 0.1) is 0 Å². The van der Waals surface area contributed by atoms with Gasteiger partial charge in [0.2, 0.25) is 0 Å². The molecule has 3 aromatic rings. The Balaban J connectivity index is 2.05. The van der Waals surface area contributed by atoms with Gasteiger partial charge in [-0.05, 0) is 53.5 Å². The van der Waals surface area contributed by atoms with Gasteiger partial charge in [-0.3, -0.25) is 0 Å². The monoisotopic (exact) mass is 336 g/mol. The van der Waals surface area contributed by atoms with Gasteiger partial charge in [0.25, 0.3) is 0 Å². The molecule has 0 spiro atoms. The molecule has 0 atom stereocenters. The molecule has 0 saturated heterocycles. The van der Waals surface area contributed by atoms with Crippen molar-refractivity contribution in [3.8, 4) is 0 Å². The SMILES string of the molecule is CSc1ccc(C(c2ccccc2)c2ccc(SC)cc2)cc1. The third-order valence-electron chi connectivity index (χ3n) is 4.03. The largest absolute Gasteiger partial charge is 0.130 e. The molecule has 23 heavy (non-hydrogen) atoms. The van der Waals surface area contributed by atoms with E-state index in [1.165, 1.54) is 26.5 Å². The minimum atomic E-state index is 0.281. The molecule has 0 aliphatic carbocycles. The average Bonchev–Trinajstić information content (AvgIpc) is 2.64. The molecular formula is C21H20S2. The lowest BCUT2D eigenvalue weighted by Crippen LogP contribution is -2.03. The summed E-state index contributed by atoms with van der Waals surface area (Å²) < 4.78 is 0. The Bertz CT molecular complexity index is 684. The highest BCUT2D eigenvalue weighted by molar-refractivity contribution is 7.98. The summed E-state index contributed by atoms with van der Waals surface area (Å²) >= 11 is 3.57. The van der Waals surface area contributed by atoms with Gasteiger partial charge in [0, 0.05) is 15.7 Å². The fraction of sp³-hybridized carbons (Fsp3) is 0.143. The van der Waals surface area contributed by atoms with Crippen LogP contribution < -0.4 is 0 Å². The summed E-state index contributed by atoms with van der Waals surface area (Å²) in [4.78, 5) is 2.61. The van der Waals surface area contributed by atoms with Crippen LogP contribution in [-0.2, 0) is 0 Å². The summed E-state index contributed by atoms with van der Waals surface area (Å²) in [7, 11) is 0. The second kappa shape index (κ2) is 7.76. The van der Waals surface area contributed by atoms with E-state index in [0.29, 0.717) is 0 Å². The Morgan fingerprint density at radius 2 is 0.913 bits per heavy atom. The molecule has 0 bridgehead atoms. The molecule has 0 amide bonds. The standard InChI is InChI=1S/C21H20S2/c1-22-19-12-8-17(9-13-19)21(16-6-4-3-5-7-16)18-10-14-20(23-2)15-11-18/h3-15,21H,1-2H3. The first-order valence-corrected chi connectivity index (χ1v) is 10.1. The van der Waals surface area contributed by atoms with Crippen LogP contribution >= 0.6 is 23.5 Å². The van der Waals surface area contributed by atoms with Crippen LogP contribution in [0.2, 0.25) is 0 Å². The van der Waals surface area contributed by atoms with Crippen LogP contribution in [0.25, 0.3) is 0 Å². The van der Waals surface area contributed by atoms with E-state index in [1.807, 2.05) is 0 Å². The van der Waals surface area contributed by atoms with E-state index < -0.39 is 0 Å². The quantitative estimate of drug-likeness (QED) is 0.395. The minimum Gasteiger partial charge on any atom is -0.130 e. The maximum atomic E-state index is 2.26. The van der Waals surface area contributed by atoms with Crippen molar-refractivity contribution in [3.63, 3.8) is 0 Å². The molecule has 0 N–H and O–H groups in total. The van der Waals surface area contributed by atoms with Gasteiger partial charge in [-0.1, -0.05) is 54.6 Å². The zero-order valence-electron chi connectivity index (χ0n) is 13.4. The van der Waals surface area contributed by atoms with Crippen LogP contribution in [0.4, 0.5) is 0 Å². The lowest BCUT2D eigenvalue weighted by Gasteiger charge is -2.19. The molecule has 0 aliphatic heterocycles. The Morgan fingerprint density at radius 1 is 0.522 bits per heavy atom. The second-order valence-electron chi connectivity index (χ2n) is 5.39. The fourth-order valence-electron chi connectivity index (χ4n) is 2.82. The molecular weight excluding hydrogens is 316 g/mol. The summed E-state index contributed by atoms with van der Waals surface area (Å²) in [5.41, 5.74) is 4.01. The summed E-state index contributed by atoms with van der Waals surface area (Å²) in [6, 6.07) is 28.6. The van der Waals surface area contributed by atoms with E-state index in [-0.39, 0.29) is 5.92 Å². The normalized spacial score (nSPS) is 10.9. The lowest BCUT2D eigenvalue weighted by molar-refractivity contribution is 0.971. The molecule has 3 rings (SSSR count). The summed E-state index contributed by atoms with van der Waals surface area (Å²) in [6.45, 7) is 0. The van der Waals surface area contributed by atoms with E-state index in [9.17, 15) is 0 Å². The average molecular weight is 337 g/mol. The molecule has 0 aliphatic rings. The predicted molar refractivity (Wildman–Crippen MR) is 104 cm³/mol. The van der Waals surface area contributed by atoms with E-state index in [0.717, 1.165) is 0 Å². The van der Waals surface area contributed by atoms with Crippen LogP contribution in [0.1, 0.15) is 22.6 Å². The molecule has 2 heteroatoms. The van der Waals surface area contributed by atoms with Gasteiger partial charge in [-0.2, -0.15) is 0 Å². The molecule has 0 aromatic heterocycles. The summed E-state index contributed by atoms with van der Waals surface area (Å²) in [5, 5.41) is 0. The van der Waals surface area contributed by atoms with Crippen molar-refractivity contribution in [2.75, 3.05) is 12.5 Å². The Hall–Kier alpha value is -1.64. The van der Waals surface area contributed by atoms with Gasteiger partial charge in [-0.25, -0.2) is 0 Å². The Kier molecular flexibility index (Phi) is 5.47. The highest BCUT2D eigenvalue weighted by Gasteiger charge is 2.16. The van der Waals surface area contributed by atoms with Crippen LogP contribution in [-0.4, -0.2) is 12.5 Å². The van der Waals surface area contributed by atoms with Crippen molar-refractivity contribution in [1.82, 2.24) is 0 Å². The molecule has 0 unspecified atom stereocenters. The maximum Gasteiger partial charge on any atom is 0.0340 e. The highest BCUT2D eigenvalue weighted by atomic mass is 32.2. The highest BCUT2D eigenvalue weighted by Crippen LogP contribution is 2.33. The number of rotatable bonds is 5.